The Balaban J connectivity index is 1.89. The minimum Gasteiger partial charge on any atom is -0.435 e. The first-order chi connectivity index (χ1) is 9.96. The summed E-state index contributed by atoms with van der Waals surface area (Å²) in [4.78, 5) is 5.35. The van der Waals surface area contributed by atoms with Gasteiger partial charge in [0.05, 0.1) is 5.69 Å². The van der Waals surface area contributed by atoms with Gasteiger partial charge in [0.15, 0.2) is 5.13 Å². The van der Waals surface area contributed by atoms with Crippen molar-refractivity contribution in [2.24, 2.45) is 5.73 Å². The number of alkyl halides is 2. The molecule has 112 valence electrons. The first kappa shape index (κ1) is 14.2. The van der Waals surface area contributed by atoms with Gasteiger partial charge < -0.3 is 16.2 Å². The Morgan fingerprint density at radius 3 is 2.95 bits per heavy atom. The van der Waals surface area contributed by atoms with E-state index in [1.54, 1.807) is 12.1 Å². The van der Waals surface area contributed by atoms with Gasteiger partial charge in [0, 0.05) is 16.8 Å². The predicted octanol–water partition coefficient (Wildman–Crippen LogP) is 2.67. The number of aryl methyl sites for hydroxylation is 1. The molecule has 1 aromatic carbocycles. The van der Waals surface area contributed by atoms with Crippen LogP contribution in [0.25, 0.3) is 0 Å². The van der Waals surface area contributed by atoms with Crippen LogP contribution in [-0.4, -0.2) is 11.6 Å². The quantitative estimate of drug-likeness (QED) is 0.914. The molecule has 1 unspecified atom stereocenters. The van der Waals surface area contributed by atoms with Crippen LogP contribution in [-0.2, 0) is 18.4 Å². The fourth-order valence-electron chi connectivity index (χ4n) is 2.68. The van der Waals surface area contributed by atoms with Crippen molar-refractivity contribution in [3.05, 3.63) is 40.4 Å². The second-order valence-corrected chi connectivity index (χ2v) is 6.28. The van der Waals surface area contributed by atoms with Crippen LogP contribution >= 0.6 is 11.3 Å². The van der Waals surface area contributed by atoms with E-state index < -0.39 is 12.2 Å². The normalized spacial score (nSPS) is 21.3. The molecule has 0 fully saturated rings. The van der Waals surface area contributed by atoms with E-state index in [2.05, 4.69) is 9.72 Å². The lowest BCUT2D eigenvalue weighted by atomic mass is 9.78. The van der Waals surface area contributed by atoms with E-state index in [1.807, 2.05) is 6.07 Å². The Bertz CT molecular complexity index is 661. The van der Waals surface area contributed by atoms with Crippen molar-refractivity contribution >= 4 is 16.5 Å². The first-order valence-electron chi connectivity index (χ1n) is 6.54. The smallest absolute Gasteiger partial charge is 0.387 e. The fraction of sp³-hybridized carbons (Fsp3) is 0.357. The number of nitrogens with zero attached hydrogens (tertiary/aromatic N) is 1. The molecule has 1 atom stereocenters. The molecule has 1 aliphatic carbocycles. The van der Waals surface area contributed by atoms with Crippen LogP contribution in [0.5, 0.6) is 5.75 Å². The van der Waals surface area contributed by atoms with E-state index in [0.29, 0.717) is 18.0 Å². The first-order valence-corrected chi connectivity index (χ1v) is 7.36. The van der Waals surface area contributed by atoms with Crippen LogP contribution < -0.4 is 16.2 Å². The minimum absolute atomic E-state index is 0.127. The standard InChI is InChI=1S/C14H15F2N3OS/c15-12(16)20-9-3-1-2-8(6-9)14(18)5-4-10-11(7-14)21-13(17)19-10/h1-3,6,12H,4-5,7,18H2,(H2,17,19). The van der Waals surface area contributed by atoms with Crippen molar-refractivity contribution in [2.45, 2.75) is 31.4 Å². The largest absolute Gasteiger partial charge is 0.435 e. The number of hydrogen-bond donors (Lipinski definition) is 2. The number of fused-ring (bicyclic) bond motifs is 1. The average molecular weight is 311 g/mol. The third-order valence-corrected chi connectivity index (χ3v) is 4.64. The zero-order valence-electron chi connectivity index (χ0n) is 11.2. The number of anilines is 1. The lowest BCUT2D eigenvalue weighted by molar-refractivity contribution is -0.0499. The second kappa shape index (κ2) is 5.23. The van der Waals surface area contributed by atoms with Gasteiger partial charge in [-0.2, -0.15) is 8.78 Å². The van der Waals surface area contributed by atoms with Gasteiger partial charge in [0.2, 0.25) is 0 Å². The highest BCUT2D eigenvalue weighted by molar-refractivity contribution is 7.15. The van der Waals surface area contributed by atoms with Crippen molar-refractivity contribution in [3.8, 4) is 5.75 Å². The number of halogens is 2. The molecule has 0 aliphatic heterocycles. The molecule has 0 bridgehead atoms. The highest BCUT2D eigenvalue weighted by atomic mass is 32.1. The molecule has 1 heterocycles. The summed E-state index contributed by atoms with van der Waals surface area (Å²) in [5.41, 5.74) is 13.4. The van der Waals surface area contributed by atoms with Crippen LogP contribution in [0.1, 0.15) is 22.6 Å². The summed E-state index contributed by atoms with van der Waals surface area (Å²) in [5, 5.41) is 0.541. The topological polar surface area (TPSA) is 74.2 Å². The van der Waals surface area contributed by atoms with Crippen molar-refractivity contribution in [3.63, 3.8) is 0 Å². The maximum atomic E-state index is 12.3. The molecule has 1 aromatic heterocycles. The van der Waals surface area contributed by atoms with Gasteiger partial charge in [-0.1, -0.05) is 12.1 Å². The number of thiazole rings is 1. The Morgan fingerprint density at radius 1 is 1.38 bits per heavy atom. The van der Waals surface area contributed by atoms with Crippen molar-refractivity contribution in [2.75, 3.05) is 5.73 Å². The molecule has 2 aromatic rings. The van der Waals surface area contributed by atoms with Crippen LogP contribution in [0, 0.1) is 0 Å². The van der Waals surface area contributed by atoms with Crippen molar-refractivity contribution in [1.82, 2.24) is 4.98 Å². The molecule has 21 heavy (non-hydrogen) atoms. The van der Waals surface area contributed by atoms with E-state index in [1.165, 1.54) is 17.4 Å². The summed E-state index contributed by atoms with van der Waals surface area (Å²) in [6.45, 7) is -2.84. The van der Waals surface area contributed by atoms with Gasteiger partial charge in [-0.25, -0.2) is 4.98 Å². The molecule has 7 heteroatoms. The molecule has 1 aliphatic rings. The molecule has 0 amide bonds. The second-order valence-electron chi connectivity index (χ2n) is 5.16. The maximum absolute atomic E-state index is 12.3. The molecule has 4 N–H and O–H groups in total. The number of ether oxygens (including phenoxy) is 1. The lowest BCUT2D eigenvalue weighted by Crippen LogP contribution is -2.41. The zero-order chi connectivity index (χ0) is 15.0. The van der Waals surface area contributed by atoms with Crippen molar-refractivity contribution in [1.29, 1.82) is 0 Å². The summed E-state index contributed by atoms with van der Waals surface area (Å²) in [7, 11) is 0. The molecule has 0 saturated heterocycles. The minimum atomic E-state index is -2.84. The molecule has 0 radical (unpaired) electrons. The SMILES string of the molecule is Nc1nc2c(s1)CC(N)(c1cccc(OC(F)F)c1)CC2. The van der Waals surface area contributed by atoms with E-state index >= 15 is 0 Å². The predicted molar refractivity (Wildman–Crippen MR) is 77.5 cm³/mol. The number of benzene rings is 1. The molecule has 0 saturated carbocycles. The van der Waals surface area contributed by atoms with Gasteiger partial charge in [0.1, 0.15) is 5.75 Å². The number of aromatic nitrogens is 1. The Hall–Kier alpha value is -1.73. The Kier molecular flexibility index (Phi) is 3.54. The highest BCUT2D eigenvalue weighted by Gasteiger charge is 2.34. The maximum Gasteiger partial charge on any atom is 0.387 e. The van der Waals surface area contributed by atoms with Crippen LogP contribution in [0.3, 0.4) is 0 Å². The van der Waals surface area contributed by atoms with Gasteiger partial charge in [-0.15, -0.1) is 11.3 Å². The average Bonchev–Trinajstić information content (AvgIpc) is 2.77. The number of hydrogen-bond acceptors (Lipinski definition) is 5. The molecule has 0 spiro atoms. The van der Waals surface area contributed by atoms with Crippen LogP contribution in [0.15, 0.2) is 24.3 Å². The Labute approximate surface area is 124 Å². The fourth-order valence-corrected chi connectivity index (χ4v) is 3.69. The van der Waals surface area contributed by atoms with E-state index in [4.69, 9.17) is 11.5 Å². The molecule has 3 rings (SSSR count). The van der Waals surface area contributed by atoms with E-state index in [-0.39, 0.29) is 5.75 Å². The highest BCUT2D eigenvalue weighted by Crippen LogP contribution is 2.38. The number of rotatable bonds is 3. The summed E-state index contributed by atoms with van der Waals surface area (Å²) in [6, 6.07) is 6.60. The lowest BCUT2D eigenvalue weighted by Gasteiger charge is -2.33. The third-order valence-electron chi connectivity index (χ3n) is 3.71. The summed E-state index contributed by atoms with van der Waals surface area (Å²) in [5.74, 6) is 0.127. The monoisotopic (exact) mass is 311 g/mol. The van der Waals surface area contributed by atoms with Crippen LogP contribution in [0.2, 0.25) is 0 Å². The number of nitrogens with two attached hydrogens (primary N) is 2. The van der Waals surface area contributed by atoms with Crippen molar-refractivity contribution < 1.29 is 13.5 Å². The van der Waals surface area contributed by atoms with Gasteiger partial charge >= 0.3 is 6.61 Å². The third kappa shape index (κ3) is 2.84. The van der Waals surface area contributed by atoms with Gasteiger partial charge in [0.25, 0.3) is 0 Å². The molecule has 4 nitrogen and oxygen atoms in total. The van der Waals surface area contributed by atoms with E-state index in [9.17, 15) is 8.78 Å². The molecular formula is C14H15F2N3OS. The van der Waals surface area contributed by atoms with E-state index in [0.717, 1.165) is 22.6 Å². The summed E-state index contributed by atoms with van der Waals surface area (Å²) in [6.07, 6.45) is 2.04. The molecular weight excluding hydrogens is 296 g/mol. The zero-order valence-corrected chi connectivity index (χ0v) is 12.0. The van der Waals surface area contributed by atoms with Crippen LogP contribution in [0.4, 0.5) is 13.9 Å². The number of nitrogen functional groups attached to an aromatic ring is 1. The van der Waals surface area contributed by atoms with Gasteiger partial charge in [-0.3, -0.25) is 0 Å². The Morgan fingerprint density at radius 2 is 2.19 bits per heavy atom. The van der Waals surface area contributed by atoms with Gasteiger partial charge in [-0.05, 0) is 30.5 Å². The summed E-state index contributed by atoms with van der Waals surface area (Å²) < 4.78 is 29.1. The summed E-state index contributed by atoms with van der Waals surface area (Å²) >= 11 is 1.44.